The predicted molar refractivity (Wildman–Crippen MR) is 189 cm³/mol. The SMILES string of the molecule is CCOc1ccc([C@H]2C(C(=O)Nc3ccccc3)=C(C)N=c3s/c(=C/c4cn(Cc5ccc(Cl)cc5)c5ccccc45)c(=O)n32)cc1. The van der Waals surface area contributed by atoms with Gasteiger partial charge in [0.1, 0.15) is 5.75 Å². The van der Waals surface area contributed by atoms with E-state index in [1.165, 1.54) is 11.3 Å². The first-order chi connectivity index (χ1) is 22.9. The van der Waals surface area contributed by atoms with E-state index in [0.717, 1.165) is 33.3 Å². The second kappa shape index (κ2) is 12.9. The third-order valence-electron chi connectivity index (χ3n) is 8.18. The molecule has 47 heavy (non-hydrogen) atoms. The molecule has 0 fully saturated rings. The molecule has 4 aromatic carbocycles. The molecule has 1 aliphatic heterocycles. The number of thiazole rings is 1. The van der Waals surface area contributed by atoms with Gasteiger partial charge >= 0.3 is 0 Å². The molecule has 7 nitrogen and oxygen atoms in total. The van der Waals surface area contributed by atoms with Crippen molar-refractivity contribution in [3.63, 3.8) is 0 Å². The lowest BCUT2D eigenvalue weighted by Gasteiger charge is -2.25. The van der Waals surface area contributed by atoms with Gasteiger partial charge in [0.2, 0.25) is 0 Å². The molecule has 0 saturated heterocycles. The van der Waals surface area contributed by atoms with Gasteiger partial charge in [-0.2, -0.15) is 0 Å². The van der Waals surface area contributed by atoms with Crippen LogP contribution in [0.15, 0.2) is 130 Å². The smallest absolute Gasteiger partial charge is 0.271 e. The Morgan fingerprint density at radius 1 is 0.979 bits per heavy atom. The van der Waals surface area contributed by atoms with E-state index in [4.69, 9.17) is 21.3 Å². The van der Waals surface area contributed by atoms with Crippen LogP contribution in [0, 0.1) is 0 Å². The Bertz CT molecular complexity index is 2320. The van der Waals surface area contributed by atoms with Gasteiger partial charge in [0.25, 0.3) is 11.5 Å². The molecule has 6 aromatic rings. The first-order valence-electron chi connectivity index (χ1n) is 15.3. The first kappa shape index (κ1) is 30.5. The lowest BCUT2D eigenvalue weighted by molar-refractivity contribution is -0.113. The van der Waals surface area contributed by atoms with Crippen LogP contribution in [0.1, 0.15) is 36.6 Å². The van der Waals surface area contributed by atoms with Crippen LogP contribution in [0.5, 0.6) is 5.75 Å². The van der Waals surface area contributed by atoms with Gasteiger partial charge < -0.3 is 14.6 Å². The number of halogens is 1. The molecular weight excluding hydrogens is 628 g/mol. The summed E-state index contributed by atoms with van der Waals surface area (Å²) in [5.74, 6) is 0.408. The molecule has 0 bridgehead atoms. The van der Waals surface area contributed by atoms with E-state index < -0.39 is 6.04 Å². The number of ether oxygens (including phenoxy) is 1. The molecule has 1 N–H and O–H groups in total. The summed E-state index contributed by atoms with van der Waals surface area (Å²) in [6.45, 7) is 4.94. The monoisotopic (exact) mass is 658 g/mol. The number of para-hydroxylation sites is 2. The number of anilines is 1. The average Bonchev–Trinajstić information content (AvgIpc) is 3.58. The van der Waals surface area contributed by atoms with E-state index in [0.29, 0.717) is 44.5 Å². The molecule has 0 aliphatic carbocycles. The number of nitrogens with one attached hydrogen (secondary N) is 1. The highest BCUT2D eigenvalue weighted by atomic mass is 35.5. The molecule has 1 amide bonds. The highest BCUT2D eigenvalue weighted by Crippen LogP contribution is 2.32. The molecule has 0 spiro atoms. The van der Waals surface area contributed by atoms with E-state index in [1.54, 1.807) is 4.57 Å². The zero-order chi connectivity index (χ0) is 32.5. The summed E-state index contributed by atoms with van der Waals surface area (Å²) < 4.78 is 10.0. The number of carbonyl (C=O) groups is 1. The Labute approximate surface area is 280 Å². The maximum atomic E-state index is 14.4. The fourth-order valence-corrected chi connectivity index (χ4v) is 7.17. The van der Waals surface area contributed by atoms with Crippen LogP contribution in [0.2, 0.25) is 5.02 Å². The highest BCUT2D eigenvalue weighted by Gasteiger charge is 2.32. The Kier molecular flexibility index (Phi) is 8.37. The van der Waals surface area contributed by atoms with Crippen LogP contribution in [-0.4, -0.2) is 21.6 Å². The van der Waals surface area contributed by atoms with Crippen molar-refractivity contribution in [3.05, 3.63) is 162 Å². The Morgan fingerprint density at radius 3 is 2.45 bits per heavy atom. The van der Waals surface area contributed by atoms with E-state index >= 15 is 0 Å². The minimum atomic E-state index is -0.681. The topological polar surface area (TPSA) is 77.6 Å². The van der Waals surface area contributed by atoms with Crippen molar-refractivity contribution in [2.75, 3.05) is 11.9 Å². The van der Waals surface area contributed by atoms with Gasteiger partial charge in [0.15, 0.2) is 4.80 Å². The summed E-state index contributed by atoms with van der Waals surface area (Å²) >= 11 is 7.45. The number of aromatic nitrogens is 2. The molecule has 9 heteroatoms. The molecule has 3 heterocycles. The Hall–Kier alpha value is -5.18. The van der Waals surface area contributed by atoms with Gasteiger partial charge in [-0.3, -0.25) is 14.2 Å². The predicted octanol–water partition coefficient (Wildman–Crippen LogP) is 6.93. The maximum absolute atomic E-state index is 14.4. The molecule has 0 saturated carbocycles. The van der Waals surface area contributed by atoms with Crippen LogP contribution in [0.4, 0.5) is 5.69 Å². The summed E-state index contributed by atoms with van der Waals surface area (Å²) in [7, 11) is 0. The fourth-order valence-electron chi connectivity index (χ4n) is 6.01. The number of benzene rings is 4. The fraction of sp³-hybridized carbons (Fsp3) is 0.132. The summed E-state index contributed by atoms with van der Waals surface area (Å²) in [5.41, 5.74) is 5.32. The second-order valence-electron chi connectivity index (χ2n) is 11.3. The number of allylic oxidation sites excluding steroid dienone is 1. The van der Waals surface area contributed by atoms with Gasteiger partial charge in [-0.15, -0.1) is 0 Å². The Balaban J connectivity index is 1.35. The third kappa shape index (κ3) is 6.05. The van der Waals surface area contributed by atoms with Gasteiger partial charge in [0, 0.05) is 39.9 Å². The zero-order valence-electron chi connectivity index (χ0n) is 25.8. The van der Waals surface area contributed by atoms with E-state index in [1.807, 2.05) is 111 Å². The van der Waals surface area contributed by atoms with Gasteiger partial charge in [-0.25, -0.2) is 4.99 Å². The second-order valence-corrected chi connectivity index (χ2v) is 12.7. The number of amides is 1. The van der Waals surface area contributed by atoms with Crippen molar-refractivity contribution >= 4 is 51.5 Å². The largest absolute Gasteiger partial charge is 0.494 e. The Morgan fingerprint density at radius 2 is 1.70 bits per heavy atom. The van der Waals surface area contributed by atoms with Crippen LogP contribution in [0.3, 0.4) is 0 Å². The zero-order valence-corrected chi connectivity index (χ0v) is 27.4. The standard InChI is InChI=1S/C38H31ClN4O3S/c1-3-46-30-19-15-26(16-20-30)35-34(36(44)41-29-9-5-4-6-10-29)24(2)40-38-43(35)37(45)33(47-38)21-27-23-42(32-12-8-7-11-31(27)32)22-25-13-17-28(39)18-14-25/h4-21,23,35H,3,22H2,1-2H3,(H,41,44)/b33-21+/t35-/m0/s1. The number of nitrogens with zero attached hydrogens (tertiary/aromatic N) is 3. The van der Waals surface area contributed by atoms with E-state index in [2.05, 4.69) is 28.2 Å². The number of hydrogen-bond acceptors (Lipinski definition) is 5. The average molecular weight is 659 g/mol. The summed E-state index contributed by atoms with van der Waals surface area (Å²) in [5, 5.41) is 4.74. The quantitative estimate of drug-likeness (QED) is 0.193. The van der Waals surface area contributed by atoms with Gasteiger partial charge in [-0.1, -0.05) is 83.6 Å². The number of hydrogen-bond donors (Lipinski definition) is 1. The minimum absolute atomic E-state index is 0.209. The number of carbonyl (C=O) groups excluding carboxylic acids is 1. The molecule has 1 aliphatic rings. The van der Waals surface area contributed by atoms with Crippen molar-refractivity contribution in [1.29, 1.82) is 0 Å². The number of rotatable bonds is 8. The summed E-state index contributed by atoms with van der Waals surface area (Å²) in [6.07, 6.45) is 4.01. The molecule has 7 rings (SSSR count). The maximum Gasteiger partial charge on any atom is 0.271 e. The van der Waals surface area contributed by atoms with Gasteiger partial charge in [-0.05, 0) is 73.5 Å². The minimum Gasteiger partial charge on any atom is -0.494 e. The van der Waals surface area contributed by atoms with Crippen LogP contribution < -0.4 is 24.9 Å². The van der Waals surface area contributed by atoms with E-state index in [-0.39, 0.29) is 11.5 Å². The number of fused-ring (bicyclic) bond motifs is 2. The normalized spacial score (nSPS) is 14.6. The molecule has 0 unspecified atom stereocenters. The van der Waals surface area contributed by atoms with Crippen molar-refractivity contribution in [2.24, 2.45) is 4.99 Å². The summed E-state index contributed by atoms with van der Waals surface area (Å²) in [4.78, 5) is 33.6. The lowest BCUT2D eigenvalue weighted by Crippen LogP contribution is -2.40. The van der Waals surface area contributed by atoms with Crippen molar-refractivity contribution in [3.8, 4) is 5.75 Å². The molecule has 234 valence electrons. The van der Waals surface area contributed by atoms with Crippen molar-refractivity contribution in [1.82, 2.24) is 9.13 Å². The highest BCUT2D eigenvalue weighted by molar-refractivity contribution is 7.07. The third-order valence-corrected chi connectivity index (χ3v) is 9.41. The molecular formula is C38H31ClN4O3S. The molecule has 0 radical (unpaired) electrons. The van der Waals surface area contributed by atoms with Crippen LogP contribution >= 0.6 is 22.9 Å². The summed E-state index contributed by atoms with van der Waals surface area (Å²) in [6, 6.07) is 32.1. The van der Waals surface area contributed by atoms with E-state index in [9.17, 15) is 9.59 Å². The molecule has 1 atom stereocenters. The van der Waals surface area contributed by atoms with Gasteiger partial charge in [0.05, 0.1) is 28.5 Å². The van der Waals surface area contributed by atoms with Crippen molar-refractivity contribution < 1.29 is 9.53 Å². The molecule has 2 aromatic heterocycles. The van der Waals surface area contributed by atoms with Crippen LogP contribution in [-0.2, 0) is 11.3 Å². The first-order valence-corrected chi connectivity index (χ1v) is 16.5. The lowest BCUT2D eigenvalue weighted by atomic mass is 9.95. The van der Waals surface area contributed by atoms with Crippen molar-refractivity contribution in [2.45, 2.75) is 26.4 Å². The van der Waals surface area contributed by atoms with Crippen LogP contribution in [0.25, 0.3) is 17.0 Å².